The summed E-state index contributed by atoms with van der Waals surface area (Å²) < 4.78 is 0. The van der Waals surface area contributed by atoms with E-state index in [4.69, 9.17) is 5.11 Å². The average molecular weight is 364 g/mol. The first-order chi connectivity index (χ1) is 10.4. The maximum atomic E-state index is 11.1. The molecule has 11 heteroatoms. The minimum absolute atomic E-state index is 0. The molecule has 0 aromatic heterocycles. The van der Waals surface area contributed by atoms with Gasteiger partial charge in [-0.1, -0.05) is 0 Å². The van der Waals surface area contributed by atoms with E-state index in [0.717, 1.165) is 6.07 Å². The number of hydrogen-bond donors (Lipinski definition) is 2. The summed E-state index contributed by atoms with van der Waals surface area (Å²) in [5, 5.41) is 30.8. The molecule has 1 aromatic carbocycles. The minimum atomic E-state index is -0.884. The van der Waals surface area contributed by atoms with E-state index in [2.05, 4.69) is 0 Å². The van der Waals surface area contributed by atoms with Crippen LogP contribution in [0.5, 0.6) is 0 Å². The van der Waals surface area contributed by atoms with Crippen molar-refractivity contribution >= 4 is 29.2 Å². The molecule has 2 N–H and O–H groups in total. The second-order valence-corrected chi connectivity index (χ2v) is 6.23. The average Bonchev–Trinajstić information content (AvgIpc) is 2.47. The lowest BCUT2D eigenvalue weighted by Crippen LogP contribution is -3.15. The number of hydrogen-bond acceptors (Lipinski definition) is 6. The Bertz CT molecular complexity index is 621. The molecule has 1 aliphatic heterocycles. The monoisotopic (exact) mass is 363 g/mol. The van der Waals surface area contributed by atoms with Crippen molar-refractivity contribution in [2.45, 2.75) is 23.0 Å². The van der Waals surface area contributed by atoms with Crippen LogP contribution in [0.2, 0.25) is 0 Å². The molecule has 0 saturated carbocycles. The van der Waals surface area contributed by atoms with Crippen molar-refractivity contribution in [1.82, 2.24) is 0 Å². The number of thioether (sulfide) groups is 1. The fraction of sp³-hybridized carbons (Fsp3) is 0.417. The topological polar surface area (TPSA) is 128 Å². The third-order valence-corrected chi connectivity index (χ3v) is 4.89. The smallest absolute Gasteiger partial charge is 0.511 e. The molecule has 2 rings (SSSR count). The van der Waals surface area contributed by atoms with E-state index in [1.165, 1.54) is 23.9 Å². The van der Waals surface area contributed by atoms with Gasteiger partial charge in [0.05, 0.1) is 33.9 Å². The Balaban J connectivity index is 0.00000264. The Hall–Kier alpha value is -1.91. The van der Waals surface area contributed by atoms with Crippen LogP contribution in [0.4, 0.5) is 16.2 Å². The molecule has 0 spiro atoms. The number of likely N-dealkylation sites (tertiary alicyclic amines) is 1. The largest absolute Gasteiger partial charge is 1.00 e. The molecule has 1 aromatic rings. The molecule has 9 nitrogen and oxygen atoms in total. The molecular formula is C12H14ClN3O6S. The summed E-state index contributed by atoms with van der Waals surface area (Å²) in [5.74, 6) is 0. The number of quaternary nitrogens is 1. The van der Waals surface area contributed by atoms with Crippen LogP contribution in [-0.2, 0) is 0 Å². The number of amides is 1. The molecule has 1 saturated heterocycles. The van der Waals surface area contributed by atoms with Crippen LogP contribution in [0.3, 0.4) is 0 Å². The van der Waals surface area contributed by atoms with Crippen molar-refractivity contribution in [1.29, 1.82) is 0 Å². The lowest BCUT2D eigenvalue weighted by molar-refractivity contribution is -0.828. The van der Waals surface area contributed by atoms with Crippen molar-refractivity contribution in [3.05, 3.63) is 38.4 Å². The van der Waals surface area contributed by atoms with Crippen LogP contribution < -0.4 is 17.3 Å². The quantitative estimate of drug-likeness (QED) is 0.483. The first-order valence-corrected chi connectivity index (χ1v) is 7.44. The molecule has 1 fully saturated rings. The number of rotatable bonds is 4. The van der Waals surface area contributed by atoms with E-state index in [-0.39, 0.29) is 29.0 Å². The van der Waals surface area contributed by atoms with E-state index in [1.54, 1.807) is 0 Å². The molecule has 1 aliphatic rings. The van der Waals surface area contributed by atoms with Crippen molar-refractivity contribution in [3.8, 4) is 0 Å². The third kappa shape index (κ3) is 4.78. The van der Waals surface area contributed by atoms with Crippen LogP contribution in [-0.4, -0.2) is 39.4 Å². The van der Waals surface area contributed by atoms with Crippen LogP contribution in [0.15, 0.2) is 23.1 Å². The van der Waals surface area contributed by atoms with Crippen LogP contribution in [0.25, 0.3) is 0 Å². The van der Waals surface area contributed by atoms with E-state index in [9.17, 15) is 25.0 Å². The molecular weight excluding hydrogens is 350 g/mol. The first kappa shape index (κ1) is 19.1. The Morgan fingerprint density at radius 2 is 1.83 bits per heavy atom. The molecule has 23 heavy (non-hydrogen) atoms. The molecule has 126 valence electrons. The minimum Gasteiger partial charge on any atom is -1.00 e. The number of benzene rings is 1. The lowest BCUT2D eigenvalue weighted by Gasteiger charge is -2.25. The number of non-ortho nitro benzene ring substituents is 1. The highest BCUT2D eigenvalue weighted by molar-refractivity contribution is 8.00. The van der Waals surface area contributed by atoms with Gasteiger partial charge in [-0.05, 0) is 6.07 Å². The predicted octanol–water partition coefficient (Wildman–Crippen LogP) is -1.68. The van der Waals surface area contributed by atoms with Crippen molar-refractivity contribution < 1.29 is 37.1 Å². The first-order valence-electron chi connectivity index (χ1n) is 6.56. The van der Waals surface area contributed by atoms with Gasteiger partial charge in [0.1, 0.15) is 0 Å². The number of carboxylic acid groups (broad SMARTS) is 1. The molecule has 0 bridgehead atoms. The normalized spacial score (nSPS) is 20.3. The Morgan fingerprint density at radius 1 is 1.22 bits per heavy atom. The zero-order valence-electron chi connectivity index (χ0n) is 11.8. The Morgan fingerprint density at radius 3 is 2.30 bits per heavy atom. The van der Waals surface area contributed by atoms with Crippen molar-refractivity contribution in [3.63, 3.8) is 0 Å². The summed E-state index contributed by atoms with van der Waals surface area (Å²) in [5.41, 5.74) is -0.603. The number of piperidine rings is 1. The fourth-order valence-electron chi connectivity index (χ4n) is 2.31. The van der Waals surface area contributed by atoms with Gasteiger partial charge < -0.3 is 17.5 Å². The van der Waals surface area contributed by atoms with E-state index in [0.29, 0.717) is 35.7 Å². The molecule has 0 unspecified atom stereocenters. The van der Waals surface area contributed by atoms with Gasteiger partial charge in [-0.2, -0.15) is 4.79 Å². The zero-order chi connectivity index (χ0) is 16.3. The number of halogens is 1. The number of nitro benzene ring substituents is 2. The highest BCUT2D eigenvalue weighted by Gasteiger charge is 2.29. The maximum Gasteiger partial charge on any atom is 0.511 e. The molecule has 1 heterocycles. The molecule has 0 aliphatic carbocycles. The number of nitrogens with one attached hydrogen (secondary N) is 1. The van der Waals surface area contributed by atoms with Gasteiger partial charge in [0.25, 0.3) is 11.4 Å². The Kier molecular flexibility index (Phi) is 6.73. The maximum absolute atomic E-state index is 11.1. The number of nitro groups is 2. The van der Waals surface area contributed by atoms with Gasteiger partial charge in [0, 0.05) is 24.2 Å². The SMILES string of the molecule is O=C(O)[NH+]1CCC(Sc2ccc([N+](=O)[O-])cc2[N+](=O)[O-])CC1.[Cl-]. The zero-order valence-corrected chi connectivity index (χ0v) is 13.4. The summed E-state index contributed by atoms with van der Waals surface area (Å²) in [6.45, 7) is 0.932. The standard InChI is InChI=1S/C12H13N3O6S.ClH/c16-12(17)13-5-3-9(4-6-13)22-11-2-1-8(14(18)19)7-10(11)15(20)21;/h1-2,7,9H,3-6H2,(H,16,17);1H. The predicted molar refractivity (Wildman–Crippen MR) is 77.4 cm³/mol. The van der Waals surface area contributed by atoms with Crippen molar-refractivity contribution in [2.75, 3.05) is 13.1 Å². The van der Waals surface area contributed by atoms with Crippen LogP contribution in [0.1, 0.15) is 12.8 Å². The second kappa shape index (κ2) is 8.09. The number of nitrogens with zero attached hydrogens (tertiary/aromatic N) is 2. The highest BCUT2D eigenvalue weighted by Crippen LogP contribution is 2.36. The Labute approximate surface area is 141 Å². The van der Waals surface area contributed by atoms with Gasteiger partial charge in [-0.3, -0.25) is 20.2 Å². The summed E-state index contributed by atoms with van der Waals surface area (Å²) in [6.07, 6.45) is 0.366. The molecule has 1 amide bonds. The van der Waals surface area contributed by atoms with Gasteiger partial charge in [0.15, 0.2) is 0 Å². The summed E-state index contributed by atoms with van der Waals surface area (Å²) in [7, 11) is 0. The third-order valence-electron chi connectivity index (χ3n) is 3.48. The van der Waals surface area contributed by atoms with Crippen LogP contribution in [0, 0.1) is 20.2 Å². The highest BCUT2D eigenvalue weighted by atomic mass is 35.5. The molecule has 0 atom stereocenters. The fourth-order valence-corrected chi connectivity index (χ4v) is 3.54. The summed E-state index contributed by atoms with van der Waals surface area (Å²) in [4.78, 5) is 32.2. The van der Waals surface area contributed by atoms with E-state index in [1.807, 2.05) is 0 Å². The lowest BCUT2D eigenvalue weighted by atomic mass is 10.1. The van der Waals surface area contributed by atoms with Gasteiger partial charge in [-0.25, -0.2) is 4.90 Å². The summed E-state index contributed by atoms with van der Waals surface area (Å²) >= 11 is 1.28. The van der Waals surface area contributed by atoms with Crippen LogP contribution >= 0.6 is 11.8 Å². The van der Waals surface area contributed by atoms with Crippen molar-refractivity contribution in [2.24, 2.45) is 0 Å². The van der Waals surface area contributed by atoms with Gasteiger partial charge >= 0.3 is 6.09 Å². The van der Waals surface area contributed by atoms with E-state index < -0.39 is 15.9 Å². The van der Waals surface area contributed by atoms with E-state index >= 15 is 0 Å². The number of carbonyl (C=O) groups is 1. The van der Waals surface area contributed by atoms with Gasteiger partial charge in [-0.15, -0.1) is 11.8 Å². The summed E-state index contributed by atoms with van der Waals surface area (Å²) in [6, 6.07) is 3.59. The second-order valence-electron chi connectivity index (χ2n) is 4.89. The molecule has 0 radical (unpaired) electrons. The van der Waals surface area contributed by atoms with Gasteiger partial charge in [0.2, 0.25) is 0 Å².